The van der Waals surface area contributed by atoms with E-state index in [2.05, 4.69) is 17.2 Å². The van der Waals surface area contributed by atoms with Gasteiger partial charge in [-0.15, -0.1) is 0 Å². The molecule has 0 saturated carbocycles. The first kappa shape index (κ1) is 13.3. The number of amides is 2. The second-order valence-electron chi connectivity index (χ2n) is 5.04. The van der Waals surface area contributed by atoms with E-state index in [4.69, 9.17) is 5.11 Å². The SMILES string of the molecule is CC1CC(C)N(C(=O)Nc2cncc(C(=O)O)c2)C1. The molecule has 6 heteroatoms. The van der Waals surface area contributed by atoms with Crippen molar-refractivity contribution in [2.24, 2.45) is 5.92 Å². The molecule has 0 spiro atoms. The predicted octanol–water partition coefficient (Wildman–Crippen LogP) is 2.04. The number of anilines is 1. The van der Waals surface area contributed by atoms with E-state index in [1.165, 1.54) is 18.5 Å². The van der Waals surface area contributed by atoms with Gasteiger partial charge in [0.05, 0.1) is 17.4 Å². The van der Waals surface area contributed by atoms with Gasteiger partial charge in [-0.05, 0) is 25.3 Å². The molecular weight excluding hydrogens is 246 g/mol. The maximum atomic E-state index is 12.1. The van der Waals surface area contributed by atoms with Gasteiger partial charge in [0, 0.05) is 18.8 Å². The van der Waals surface area contributed by atoms with E-state index in [1.54, 1.807) is 4.90 Å². The molecule has 0 radical (unpaired) electrons. The number of carboxylic acid groups (broad SMARTS) is 1. The van der Waals surface area contributed by atoms with Crippen LogP contribution >= 0.6 is 0 Å². The summed E-state index contributed by atoms with van der Waals surface area (Å²) in [6.45, 7) is 4.84. The Balaban J connectivity index is 2.07. The Morgan fingerprint density at radius 2 is 2.16 bits per heavy atom. The summed E-state index contributed by atoms with van der Waals surface area (Å²) in [5.41, 5.74) is 0.456. The van der Waals surface area contributed by atoms with Crippen molar-refractivity contribution in [1.82, 2.24) is 9.88 Å². The number of hydrogen-bond acceptors (Lipinski definition) is 3. The van der Waals surface area contributed by atoms with Crippen molar-refractivity contribution in [2.45, 2.75) is 26.3 Å². The molecule has 0 bridgehead atoms. The Morgan fingerprint density at radius 3 is 2.74 bits per heavy atom. The highest BCUT2D eigenvalue weighted by Crippen LogP contribution is 2.23. The lowest BCUT2D eigenvalue weighted by molar-refractivity contribution is 0.0696. The molecule has 1 aromatic heterocycles. The summed E-state index contributed by atoms with van der Waals surface area (Å²) in [5, 5.41) is 11.6. The van der Waals surface area contributed by atoms with Crippen molar-refractivity contribution in [2.75, 3.05) is 11.9 Å². The molecular formula is C13H17N3O3. The molecule has 1 aliphatic rings. The summed E-state index contributed by atoms with van der Waals surface area (Å²) < 4.78 is 0. The van der Waals surface area contributed by atoms with Gasteiger partial charge in [-0.2, -0.15) is 0 Å². The van der Waals surface area contributed by atoms with Crippen LogP contribution in [-0.4, -0.2) is 39.6 Å². The number of pyridine rings is 1. The lowest BCUT2D eigenvalue weighted by atomic mass is 10.1. The van der Waals surface area contributed by atoms with Crippen molar-refractivity contribution in [1.29, 1.82) is 0 Å². The Labute approximate surface area is 111 Å². The average molecular weight is 263 g/mol. The van der Waals surface area contributed by atoms with Crippen LogP contribution in [0.5, 0.6) is 0 Å². The first-order valence-corrected chi connectivity index (χ1v) is 6.23. The first-order valence-electron chi connectivity index (χ1n) is 6.23. The highest BCUT2D eigenvalue weighted by molar-refractivity contribution is 5.92. The number of likely N-dealkylation sites (tertiary alicyclic amines) is 1. The molecule has 0 aliphatic carbocycles. The fraction of sp³-hybridized carbons (Fsp3) is 0.462. The van der Waals surface area contributed by atoms with Gasteiger partial charge < -0.3 is 15.3 Å². The largest absolute Gasteiger partial charge is 0.478 e. The third kappa shape index (κ3) is 3.01. The summed E-state index contributed by atoms with van der Waals surface area (Å²) in [5.74, 6) is -0.573. The zero-order valence-corrected chi connectivity index (χ0v) is 11.0. The third-order valence-corrected chi connectivity index (χ3v) is 3.28. The third-order valence-electron chi connectivity index (χ3n) is 3.28. The molecule has 102 valence electrons. The molecule has 1 saturated heterocycles. The molecule has 1 fully saturated rings. The number of urea groups is 1. The summed E-state index contributed by atoms with van der Waals surface area (Å²) in [6.07, 6.45) is 3.67. The van der Waals surface area contributed by atoms with E-state index in [0.717, 1.165) is 13.0 Å². The van der Waals surface area contributed by atoms with Crippen LogP contribution in [0.1, 0.15) is 30.6 Å². The van der Waals surface area contributed by atoms with Crippen LogP contribution < -0.4 is 5.32 Å². The van der Waals surface area contributed by atoms with E-state index in [9.17, 15) is 9.59 Å². The van der Waals surface area contributed by atoms with Crippen molar-refractivity contribution in [3.05, 3.63) is 24.0 Å². The van der Waals surface area contributed by atoms with Crippen molar-refractivity contribution in [3.8, 4) is 0 Å². The number of aromatic carboxylic acids is 1. The molecule has 2 unspecified atom stereocenters. The van der Waals surface area contributed by atoms with Gasteiger partial charge in [-0.3, -0.25) is 4.98 Å². The van der Waals surface area contributed by atoms with E-state index in [0.29, 0.717) is 11.6 Å². The minimum absolute atomic E-state index is 0.0561. The number of carbonyl (C=O) groups is 2. The van der Waals surface area contributed by atoms with E-state index in [1.807, 2.05) is 6.92 Å². The van der Waals surface area contributed by atoms with Gasteiger partial charge in [0.25, 0.3) is 0 Å². The topological polar surface area (TPSA) is 82.5 Å². The quantitative estimate of drug-likeness (QED) is 0.855. The van der Waals surface area contributed by atoms with Gasteiger partial charge in [0.15, 0.2) is 0 Å². The monoisotopic (exact) mass is 263 g/mol. The zero-order valence-electron chi connectivity index (χ0n) is 11.0. The number of nitrogens with zero attached hydrogens (tertiary/aromatic N) is 2. The van der Waals surface area contributed by atoms with Crippen LogP contribution in [0.3, 0.4) is 0 Å². The fourth-order valence-electron chi connectivity index (χ4n) is 2.40. The van der Waals surface area contributed by atoms with Crippen molar-refractivity contribution < 1.29 is 14.7 Å². The number of carboxylic acids is 1. The Hall–Kier alpha value is -2.11. The van der Waals surface area contributed by atoms with E-state index >= 15 is 0 Å². The van der Waals surface area contributed by atoms with Crippen LogP contribution in [0.25, 0.3) is 0 Å². The molecule has 2 atom stereocenters. The molecule has 1 aliphatic heterocycles. The van der Waals surface area contributed by atoms with Gasteiger partial charge in [0.2, 0.25) is 0 Å². The maximum Gasteiger partial charge on any atom is 0.337 e. The van der Waals surface area contributed by atoms with Crippen LogP contribution in [-0.2, 0) is 0 Å². The predicted molar refractivity (Wildman–Crippen MR) is 70.2 cm³/mol. The number of hydrogen-bond donors (Lipinski definition) is 2. The summed E-state index contributed by atoms with van der Waals surface area (Å²) in [7, 11) is 0. The van der Waals surface area contributed by atoms with Gasteiger partial charge in [-0.25, -0.2) is 9.59 Å². The highest BCUT2D eigenvalue weighted by Gasteiger charge is 2.29. The first-order chi connectivity index (χ1) is 8.97. The lowest BCUT2D eigenvalue weighted by Crippen LogP contribution is -2.37. The number of carbonyl (C=O) groups excluding carboxylic acids is 1. The number of aromatic nitrogens is 1. The van der Waals surface area contributed by atoms with E-state index < -0.39 is 5.97 Å². The standard InChI is InChI=1S/C13H17N3O3/c1-8-3-9(2)16(7-8)13(19)15-11-4-10(12(17)18)5-14-6-11/h4-6,8-9H,3,7H2,1-2H3,(H,15,19)(H,17,18). The highest BCUT2D eigenvalue weighted by atomic mass is 16.4. The lowest BCUT2D eigenvalue weighted by Gasteiger charge is -2.21. The van der Waals surface area contributed by atoms with Crippen LogP contribution in [0.2, 0.25) is 0 Å². The Kier molecular flexibility index (Phi) is 3.69. The van der Waals surface area contributed by atoms with Gasteiger partial charge in [-0.1, -0.05) is 6.92 Å². The second-order valence-corrected chi connectivity index (χ2v) is 5.04. The maximum absolute atomic E-state index is 12.1. The second kappa shape index (κ2) is 5.26. The summed E-state index contributed by atoms with van der Waals surface area (Å²) in [4.78, 5) is 28.5. The van der Waals surface area contributed by atoms with Crippen molar-refractivity contribution in [3.63, 3.8) is 0 Å². The van der Waals surface area contributed by atoms with Gasteiger partial charge in [0.1, 0.15) is 0 Å². The minimum atomic E-state index is -1.06. The summed E-state index contributed by atoms with van der Waals surface area (Å²) >= 11 is 0. The molecule has 1 aromatic rings. The molecule has 2 heterocycles. The van der Waals surface area contributed by atoms with Crippen molar-refractivity contribution >= 4 is 17.7 Å². The molecule has 0 aromatic carbocycles. The number of rotatable bonds is 2. The van der Waals surface area contributed by atoms with Gasteiger partial charge >= 0.3 is 12.0 Å². The molecule has 6 nitrogen and oxygen atoms in total. The minimum Gasteiger partial charge on any atom is -0.478 e. The van der Waals surface area contributed by atoms with E-state index in [-0.39, 0.29) is 17.6 Å². The number of nitrogens with one attached hydrogen (secondary N) is 1. The summed E-state index contributed by atoms with van der Waals surface area (Å²) in [6, 6.07) is 1.39. The Morgan fingerprint density at radius 1 is 1.42 bits per heavy atom. The zero-order chi connectivity index (χ0) is 14.0. The Bertz CT molecular complexity index is 504. The normalized spacial score (nSPS) is 22.3. The molecule has 2 N–H and O–H groups in total. The van der Waals surface area contributed by atoms with Crippen LogP contribution in [0.4, 0.5) is 10.5 Å². The van der Waals surface area contributed by atoms with Crippen LogP contribution in [0.15, 0.2) is 18.5 Å². The smallest absolute Gasteiger partial charge is 0.337 e. The fourth-order valence-corrected chi connectivity index (χ4v) is 2.40. The average Bonchev–Trinajstić information content (AvgIpc) is 2.69. The van der Waals surface area contributed by atoms with Crippen LogP contribution in [0, 0.1) is 5.92 Å². The molecule has 2 amide bonds. The molecule has 2 rings (SSSR count). The molecule has 19 heavy (non-hydrogen) atoms.